The van der Waals surface area contributed by atoms with Crippen molar-refractivity contribution in [2.45, 2.75) is 26.4 Å². The molecule has 4 heteroatoms. The van der Waals surface area contributed by atoms with Gasteiger partial charge in [0.25, 0.3) is 0 Å². The summed E-state index contributed by atoms with van der Waals surface area (Å²) in [5, 5.41) is 18.6. The quantitative estimate of drug-likeness (QED) is 0.777. The molecule has 0 unspecified atom stereocenters. The van der Waals surface area contributed by atoms with Crippen LogP contribution in [-0.2, 0) is 0 Å². The molecule has 0 fully saturated rings. The third kappa shape index (κ3) is 3.65. The normalized spacial score (nSPS) is 11.0. The Bertz CT molecular complexity index is 429. The lowest BCUT2D eigenvalue weighted by atomic mass is 10.1. The summed E-state index contributed by atoms with van der Waals surface area (Å²) in [5.41, 5.74) is 6.88. The zero-order chi connectivity index (χ0) is 13.1. The van der Waals surface area contributed by atoms with Crippen LogP contribution in [-0.4, -0.2) is 23.8 Å². The fourth-order valence-corrected chi connectivity index (χ4v) is 1.70. The van der Waals surface area contributed by atoms with Gasteiger partial charge < -0.3 is 15.7 Å². The maximum Gasteiger partial charge on any atom is 0.101 e. The van der Waals surface area contributed by atoms with E-state index in [-0.39, 0.29) is 0 Å². The van der Waals surface area contributed by atoms with Crippen LogP contribution >= 0.6 is 0 Å². The van der Waals surface area contributed by atoms with Crippen LogP contribution in [0.1, 0.15) is 26.3 Å². The van der Waals surface area contributed by atoms with E-state index < -0.39 is 5.60 Å². The lowest BCUT2D eigenvalue weighted by Gasteiger charge is -2.30. The molecule has 4 nitrogen and oxygen atoms in total. The molecular formula is C13H19N3O. The first-order chi connectivity index (χ1) is 7.87. The molecule has 0 saturated heterocycles. The fraction of sp³-hybridized carbons (Fsp3) is 0.462. The number of hydrogen-bond donors (Lipinski definition) is 2. The van der Waals surface area contributed by atoms with Crippen molar-refractivity contribution in [3.05, 3.63) is 23.8 Å². The van der Waals surface area contributed by atoms with Crippen LogP contribution in [0.25, 0.3) is 0 Å². The largest absolute Gasteiger partial charge is 0.398 e. The molecule has 0 amide bonds. The van der Waals surface area contributed by atoms with E-state index in [1.165, 1.54) is 0 Å². The number of nitrogen functional groups attached to an aromatic ring is 1. The highest BCUT2D eigenvalue weighted by atomic mass is 16.3. The number of rotatable bonds is 4. The van der Waals surface area contributed by atoms with Gasteiger partial charge in [0.05, 0.1) is 16.9 Å². The lowest BCUT2D eigenvalue weighted by molar-refractivity contribution is 0.0876. The van der Waals surface area contributed by atoms with E-state index in [4.69, 9.17) is 11.0 Å². The fourth-order valence-electron chi connectivity index (χ4n) is 1.70. The molecule has 0 aliphatic rings. The van der Waals surface area contributed by atoms with Gasteiger partial charge in [0, 0.05) is 18.8 Å². The predicted molar refractivity (Wildman–Crippen MR) is 69.8 cm³/mol. The molecule has 1 aromatic rings. The molecule has 0 aromatic heterocycles. The van der Waals surface area contributed by atoms with Gasteiger partial charge in [-0.15, -0.1) is 0 Å². The Hall–Kier alpha value is -1.73. The van der Waals surface area contributed by atoms with Crippen LogP contribution in [0.15, 0.2) is 18.2 Å². The molecule has 0 heterocycles. The van der Waals surface area contributed by atoms with Gasteiger partial charge in [-0.2, -0.15) is 5.26 Å². The summed E-state index contributed by atoms with van der Waals surface area (Å²) < 4.78 is 0. The molecule has 92 valence electrons. The Kier molecular flexibility index (Phi) is 3.97. The highest BCUT2D eigenvalue weighted by molar-refractivity contribution is 5.63. The van der Waals surface area contributed by atoms with Crippen LogP contribution in [0.5, 0.6) is 0 Å². The zero-order valence-corrected chi connectivity index (χ0v) is 10.6. The van der Waals surface area contributed by atoms with Crippen molar-refractivity contribution in [2.24, 2.45) is 0 Å². The van der Waals surface area contributed by atoms with Gasteiger partial charge in [0.2, 0.25) is 0 Å². The van der Waals surface area contributed by atoms with Gasteiger partial charge in [0.1, 0.15) is 6.07 Å². The first-order valence-electron chi connectivity index (χ1n) is 5.64. The average molecular weight is 233 g/mol. The minimum absolute atomic E-state index is 0.471. The highest BCUT2D eigenvalue weighted by Gasteiger charge is 2.18. The van der Waals surface area contributed by atoms with Gasteiger partial charge in [-0.05, 0) is 39.0 Å². The van der Waals surface area contributed by atoms with E-state index >= 15 is 0 Å². The van der Waals surface area contributed by atoms with E-state index in [1.54, 1.807) is 26.0 Å². The second-order valence-corrected chi connectivity index (χ2v) is 4.71. The molecule has 1 aromatic carbocycles. The van der Waals surface area contributed by atoms with Gasteiger partial charge >= 0.3 is 0 Å². The SMILES string of the molecule is CCN(CC(C)(C)O)c1ccc(C#N)c(N)c1. The van der Waals surface area contributed by atoms with E-state index in [0.29, 0.717) is 17.8 Å². The van der Waals surface area contributed by atoms with E-state index in [1.807, 2.05) is 24.0 Å². The summed E-state index contributed by atoms with van der Waals surface area (Å²) in [6, 6.07) is 7.36. The summed E-state index contributed by atoms with van der Waals surface area (Å²) in [6.07, 6.45) is 0. The van der Waals surface area contributed by atoms with Gasteiger partial charge in [-0.25, -0.2) is 0 Å². The van der Waals surface area contributed by atoms with E-state index in [9.17, 15) is 5.11 Å². The van der Waals surface area contributed by atoms with Crippen molar-refractivity contribution < 1.29 is 5.11 Å². The van der Waals surface area contributed by atoms with E-state index in [0.717, 1.165) is 12.2 Å². The van der Waals surface area contributed by atoms with Crippen molar-refractivity contribution in [1.82, 2.24) is 0 Å². The number of likely N-dealkylation sites (N-methyl/N-ethyl adjacent to an activating group) is 1. The summed E-state index contributed by atoms with van der Waals surface area (Å²) >= 11 is 0. The first-order valence-corrected chi connectivity index (χ1v) is 5.64. The first kappa shape index (κ1) is 13.3. The standard InChI is InChI=1S/C13H19N3O/c1-4-16(9-13(2,3)17)11-6-5-10(8-14)12(15)7-11/h5-7,17H,4,9,15H2,1-3H3. The molecule has 0 aliphatic carbocycles. The Morgan fingerprint density at radius 1 is 1.47 bits per heavy atom. The Morgan fingerprint density at radius 2 is 2.12 bits per heavy atom. The third-order valence-electron chi connectivity index (χ3n) is 2.48. The number of hydrogen-bond acceptors (Lipinski definition) is 4. The highest BCUT2D eigenvalue weighted by Crippen LogP contribution is 2.22. The van der Waals surface area contributed by atoms with Crippen LogP contribution in [0.2, 0.25) is 0 Å². The topological polar surface area (TPSA) is 73.3 Å². The van der Waals surface area contributed by atoms with Gasteiger partial charge in [-0.3, -0.25) is 0 Å². The maximum absolute atomic E-state index is 9.83. The van der Waals surface area contributed by atoms with Crippen molar-refractivity contribution in [2.75, 3.05) is 23.7 Å². The molecule has 3 N–H and O–H groups in total. The summed E-state index contributed by atoms with van der Waals surface area (Å²) in [5.74, 6) is 0. The molecule has 0 saturated carbocycles. The number of nitriles is 1. The Morgan fingerprint density at radius 3 is 2.53 bits per heavy atom. The van der Waals surface area contributed by atoms with Crippen LogP contribution in [0, 0.1) is 11.3 Å². The average Bonchev–Trinajstić information content (AvgIpc) is 2.24. The molecule has 0 bridgehead atoms. The van der Waals surface area contributed by atoms with Gasteiger partial charge in [0.15, 0.2) is 0 Å². The summed E-state index contributed by atoms with van der Waals surface area (Å²) in [7, 11) is 0. The predicted octanol–water partition coefficient (Wildman–Crippen LogP) is 1.74. The number of aliphatic hydroxyl groups is 1. The summed E-state index contributed by atoms with van der Waals surface area (Å²) in [4.78, 5) is 2.03. The number of nitrogens with two attached hydrogens (primary N) is 1. The third-order valence-corrected chi connectivity index (χ3v) is 2.48. The monoisotopic (exact) mass is 233 g/mol. The Balaban J connectivity index is 2.98. The number of anilines is 2. The van der Waals surface area contributed by atoms with Crippen LogP contribution in [0.3, 0.4) is 0 Å². The second kappa shape index (κ2) is 5.07. The molecule has 0 spiro atoms. The smallest absolute Gasteiger partial charge is 0.101 e. The van der Waals surface area contributed by atoms with Crippen molar-refractivity contribution >= 4 is 11.4 Å². The molecular weight excluding hydrogens is 214 g/mol. The number of nitrogens with zero attached hydrogens (tertiary/aromatic N) is 2. The van der Waals surface area contributed by atoms with Crippen LogP contribution < -0.4 is 10.6 Å². The minimum Gasteiger partial charge on any atom is -0.398 e. The molecule has 17 heavy (non-hydrogen) atoms. The maximum atomic E-state index is 9.83. The van der Waals surface area contributed by atoms with Crippen molar-refractivity contribution in [3.8, 4) is 6.07 Å². The Labute approximate surface area is 102 Å². The van der Waals surface area contributed by atoms with Gasteiger partial charge in [-0.1, -0.05) is 0 Å². The molecule has 0 radical (unpaired) electrons. The second-order valence-electron chi connectivity index (χ2n) is 4.71. The number of benzene rings is 1. The minimum atomic E-state index is -0.765. The summed E-state index contributed by atoms with van der Waals surface area (Å²) in [6.45, 7) is 6.84. The zero-order valence-electron chi connectivity index (χ0n) is 10.6. The van der Waals surface area contributed by atoms with Crippen LogP contribution in [0.4, 0.5) is 11.4 Å². The lowest BCUT2D eigenvalue weighted by Crippen LogP contribution is -2.38. The molecule has 0 aliphatic heterocycles. The van der Waals surface area contributed by atoms with E-state index in [2.05, 4.69) is 0 Å². The van der Waals surface area contributed by atoms with Crippen molar-refractivity contribution in [1.29, 1.82) is 5.26 Å². The molecule has 1 rings (SSSR count). The molecule has 0 atom stereocenters. The van der Waals surface area contributed by atoms with Crippen molar-refractivity contribution in [3.63, 3.8) is 0 Å².